The lowest BCUT2D eigenvalue weighted by Gasteiger charge is -2.37. The first kappa shape index (κ1) is 19.6. The number of carbonyl (C=O) groups excluding carboxylic acids is 1. The lowest BCUT2D eigenvalue weighted by molar-refractivity contribution is -0.932. The number of nitrogens with one attached hydrogen (secondary N) is 2. The minimum absolute atomic E-state index is 0.0826. The van der Waals surface area contributed by atoms with E-state index in [0.717, 1.165) is 31.9 Å². The number of benzene rings is 2. The van der Waals surface area contributed by atoms with Crippen molar-refractivity contribution in [1.29, 1.82) is 0 Å². The highest BCUT2D eigenvalue weighted by molar-refractivity contribution is 6.30. The van der Waals surface area contributed by atoms with Crippen LogP contribution in [0.2, 0.25) is 5.02 Å². The average molecular weight is 411 g/mol. The van der Waals surface area contributed by atoms with E-state index in [1.165, 1.54) is 10.6 Å². The zero-order valence-electron chi connectivity index (χ0n) is 16.2. The average Bonchev–Trinajstić information content (AvgIpc) is 3.30. The molecule has 2 aromatic carbocycles. The van der Waals surface area contributed by atoms with E-state index in [0.29, 0.717) is 17.1 Å². The lowest BCUT2D eigenvalue weighted by atomic mass is 10.1. The van der Waals surface area contributed by atoms with Crippen molar-refractivity contribution in [1.82, 2.24) is 5.32 Å². The molecule has 1 fully saturated rings. The van der Waals surface area contributed by atoms with Gasteiger partial charge in [0, 0.05) is 16.3 Å². The van der Waals surface area contributed by atoms with Gasteiger partial charge < -0.3 is 19.5 Å². The topological polar surface area (TPSA) is 49.9 Å². The van der Waals surface area contributed by atoms with Crippen molar-refractivity contribution in [3.8, 4) is 0 Å². The Kier molecular flexibility index (Phi) is 6.17. The van der Waals surface area contributed by atoms with Crippen molar-refractivity contribution in [2.24, 2.45) is 0 Å². The standard InChI is InChI=1S/C23H24ClN3O2/c24-19-10-8-18(9-11-19)23(28)25-17-21(22-7-4-16-29-22)27-14-12-26(13-15-27)20-5-2-1-3-6-20/h1-11,16,21H,12-15,17H2,(H,25,28)/p+1/t21-/m1/s1. The molecule has 1 aliphatic rings. The van der Waals surface area contributed by atoms with E-state index in [2.05, 4.69) is 34.5 Å². The molecule has 0 spiro atoms. The maximum atomic E-state index is 12.5. The van der Waals surface area contributed by atoms with Crippen LogP contribution >= 0.6 is 11.6 Å². The second-order valence-corrected chi connectivity index (χ2v) is 7.70. The van der Waals surface area contributed by atoms with E-state index in [4.69, 9.17) is 16.0 Å². The number of nitrogens with zero attached hydrogens (tertiary/aromatic N) is 1. The SMILES string of the molecule is O=C(NC[C@H](c1ccco1)[NH+]1CCN(c2ccccc2)CC1)c1ccc(Cl)cc1. The smallest absolute Gasteiger partial charge is 0.251 e. The monoisotopic (exact) mass is 410 g/mol. The summed E-state index contributed by atoms with van der Waals surface area (Å²) in [7, 11) is 0. The van der Waals surface area contributed by atoms with Gasteiger partial charge in [-0.3, -0.25) is 4.79 Å². The van der Waals surface area contributed by atoms with Crippen molar-refractivity contribution in [2.75, 3.05) is 37.6 Å². The second-order valence-electron chi connectivity index (χ2n) is 7.27. The van der Waals surface area contributed by atoms with Crippen LogP contribution < -0.4 is 15.1 Å². The molecule has 1 amide bonds. The first-order chi connectivity index (χ1) is 14.2. The molecule has 29 heavy (non-hydrogen) atoms. The summed E-state index contributed by atoms with van der Waals surface area (Å²) < 4.78 is 5.71. The molecule has 1 aliphatic heterocycles. The largest absolute Gasteiger partial charge is 0.463 e. The van der Waals surface area contributed by atoms with Crippen LogP contribution in [0.15, 0.2) is 77.4 Å². The highest BCUT2D eigenvalue weighted by atomic mass is 35.5. The number of piperazine rings is 1. The maximum Gasteiger partial charge on any atom is 0.251 e. The molecule has 4 rings (SSSR count). The Morgan fingerprint density at radius 2 is 1.76 bits per heavy atom. The summed E-state index contributed by atoms with van der Waals surface area (Å²) in [4.78, 5) is 16.4. The molecule has 1 saturated heterocycles. The van der Waals surface area contributed by atoms with Gasteiger partial charge in [-0.15, -0.1) is 0 Å². The zero-order chi connectivity index (χ0) is 20.1. The summed E-state index contributed by atoms with van der Waals surface area (Å²) in [6, 6.07) is 21.4. The van der Waals surface area contributed by atoms with Crippen molar-refractivity contribution in [3.63, 3.8) is 0 Å². The third kappa shape index (κ3) is 4.81. The minimum Gasteiger partial charge on any atom is -0.463 e. The second kappa shape index (κ2) is 9.16. The zero-order valence-corrected chi connectivity index (χ0v) is 16.9. The molecular formula is C23H25ClN3O2+. The van der Waals surface area contributed by atoms with Gasteiger partial charge in [0.05, 0.1) is 39.0 Å². The summed E-state index contributed by atoms with van der Waals surface area (Å²) in [5.41, 5.74) is 1.87. The fourth-order valence-electron chi connectivity index (χ4n) is 3.87. The number of amides is 1. The lowest BCUT2D eigenvalue weighted by Crippen LogP contribution is -3.15. The first-order valence-electron chi connectivity index (χ1n) is 9.92. The molecular weight excluding hydrogens is 386 g/mol. The Morgan fingerprint density at radius 3 is 2.41 bits per heavy atom. The Bertz CT molecular complexity index is 905. The van der Waals surface area contributed by atoms with Crippen LogP contribution in [-0.2, 0) is 0 Å². The molecule has 0 saturated carbocycles. The minimum atomic E-state index is -0.0967. The van der Waals surface area contributed by atoms with E-state index in [1.807, 2.05) is 18.2 Å². The normalized spacial score (nSPS) is 15.8. The Hall–Kier alpha value is -2.76. The molecule has 0 aliphatic carbocycles. The molecule has 6 heteroatoms. The van der Waals surface area contributed by atoms with Gasteiger partial charge >= 0.3 is 0 Å². The van der Waals surface area contributed by atoms with Gasteiger partial charge in [0.25, 0.3) is 5.91 Å². The van der Waals surface area contributed by atoms with Gasteiger partial charge in [0.2, 0.25) is 0 Å². The summed E-state index contributed by atoms with van der Waals surface area (Å²) in [5.74, 6) is 0.810. The number of para-hydroxylation sites is 1. The number of rotatable bonds is 6. The van der Waals surface area contributed by atoms with E-state index in [-0.39, 0.29) is 11.9 Å². The highest BCUT2D eigenvalue weighted by Crippen LogP contribution is 2.15. The van der Waals surface area contributed by atoms with Crippen LogP contribution in [0.3, 0.4) is 0 Å². The first-order valence-corrected chi connectivity index (χ1v) is 10.3. The fourth-order valence-corrected chi connectivity index (χ4v) is 4.00. The molecule has 2 N–H and O–H groups in total. The number of anilines is 1. The van der Waals surface area contributed by atoms with Gasteiger partial charge in [-0.25, -0.2) is 0 Å². The molecule has 1 aromatic heterocycles. The number of carbonyl (C=O) groups is 1. The molecule has 0 unspecified atom stereocenters. The molecule has 1 atom stereocenters. The highest BCUT2D eigenvalue weighted by Gasteiger charge is 2.31. The van der Waals surface area contributed by atoms with Crippen LogP contribution in [0.25, 0.3) is 0 Å². The number of halogens is 1. The predicted octanol–water partition coefficient (Wildman–Crippen LogP) is 2.81. The fraction of sp³-hybridized carbons (Fsp3) is 0.261. The maximum absolute atomic E-state index is 12.5. The van der Waals surface area contributed by atoms with Crippen LogP contribution in [0.4, 0.5) is 5.69 Å². The van der Waals surface area contributed by atoms with Crippen molar-refractivity contribution >= 4 is 23.2 Å². The molecule has 5 nitrogen and oxygen atoms in total. The Balaban J connectivity index is 1.40. The predicted molar refractivity (Wildman–Crippen MR) is 115 cm³/mol. The summed E-state index contributed by atoms with van der Waals surface area (Å²) >= 11 is 5.92. The van der Waals surface area contributed by atoms with E-state index < -0.39 is 0 Å². The van der Waals surface area contributed by atoms with Gasteiger partial charge in [0.1, 0.15) is 0 Å². The summed E-state index contributed by atoms with van der Waals surface area (Å²) in [6.45, 7) is 4.44. The van der Waals surface area contributed by atoms with Crippen LogP contribution in [0.5, 0.6) is 0 Å². The molecule has 0 bridgehead atoms. The van der Waals surface area contributed by atoms with Crippen LogP contribution in [0.1, 0.15) is 22.2 Å². The Morgan fingerprint density at radius 1 is 1.03 bits per heavy atom. The summed E-state index contributed by atoms with van der Waals surface area (Å²) in [5, 5.41) is 3.69. The third-order valence-electron chi connectivity index (χ3n) is 5.48. The Labute approximate surface area is 175 Å². The van der Waals surface area contributed by atoms with E-state index in [1.54, 1.807) is 30.5 Å². The van der Waals surface area contributed by atoms with Gasteiger partial charge in [0.15, 0.2) is 11.8 Å². The quantitative estimate of drug-likeness (QED) is 0.657. The molecule has 150 valence electrons. The molecule has 0 radical (unpaired) electrons. The number of hydrogen-bond acceptors (Lipinski definition) is 3. The number of quaternary nitrogens is 1. The van der Waals surface area contributed by atoms with Gasteiger partial charge in [-0.05, 0) is 48.5 Å². The molecule has 2 heterocycles. The van der Waals surface area contributed by atoms with Crippen molar-refractivity contribution in [3.05, 3.63) is 89.3 Å². The number of furan rings is 1. The van der Waals surface area contributed by atoms with Crippen molar-refractivity contribution < 1.29 is 14.1 Å². The van der Waals surface area contributed by atoms with E-state index in [9.17, 15) is 4.79 Å². The molecule has 3 aromatic rings. The van der Waals surface area contributed by atoms with Gasteiger partial charge in [-0.2, -0.15) is 0 Å². The van der Waals surface area contributed by atoms with E-state index >= 15 is 0 Å². The third-order valence-corrected chi connectivity index (χ3v) is 5.73. The van der Waals surface area contributed by atoms with Crippen molar-refractivity contribution in [2.45, 2.75) is 6.04 Å². The van der Waals surface area contributed by atoms with Gasteiger partial charge in [-0.1, -0.05) is 29.8 Å². The van der Waals surface area contributed by atoms with Crippen LogP contribution in [-0.4, -0.2) is 38.6 Å². The number of hydrogen-bond donors (Lipinski definition) is 2. The summed E-state index contributed by atoms with van der Waals surface area (Å²) in [6.07, 6.45) is 1.70. The van der Waals surface area contributed by atoms with Crippen LogP contribution in [0, 0.1) is 0 Å².